The fraction of sp³-hybridized carbons (Fsp3) is 0. The summed E-state index contributed by atoms with van der Waals surface area (Å²) in [5, 5.41) is 15.2. The lowest BCUT2D eigenvalue weighted by Crippen LogP contribution is -1.93. The fourth-order valence-corrected chi connectivity index (χ4v) is 8.04. The Morgan fingerprint density at radius 1 is 0.188 bits per heavy atom. The summed E-state index contributed by atoms with van der Waals surface area (Å²) in [6.45, 7) is 0. The molecule has 10 rings (SSSR count). The molecule has 0 N–H and O–H groups in total. The Morgan fingerprint density at radius 2 is 0.667 bits per heavy atom. The lowest BCUT2D eigenvalue weighted by atomic mass is 9.83. The third-order valence-corrected chi connectivity index (χ3v) is 10.2. The Bertz CT molecular complexity index is 2880. The highest BCUT2D eigenvalue weighted by Crippen LogP contribution is 2.47. The van der Waals surface area contributed by atoms with Crippen LogP contribution >= 0.6 is 0 Å². The Balaban J connectivity index is 1.36. The lowest BCUT2D eigenvalue weighted by molar-refractivity contribution is 1.66. The van der Waals surface area contributed by atoms with Gasteiger partial charge in [0.2, 0.25) is 0 Å². The molecule has 0 aliphatic carbocycles. The van der Waals surface area contributed by atoms with Crippen molar-refractivity contribution in [2.45, 2.75) is 0 Å². The summed E-state index contributed by atoms with van der Waals surface area (Å²) < 4.78 is 0. The predicted molar refractivity (Wildman–Crippen MR) is 208 cm³/mol. The zero-order valence-electron chi connectivity index (χ0n) is 26.3. The van der Waals surface area contributed by atoms with E-state index in [-0.39, 0.29) is 0 Å². The van der Waals surface area contributed by atoms with Crippen molar-refractivity contribution in [2.24, 2.45) is 0 Å². The summed E-state index contributed by atoms with van der Waals surface area (Å²) in [6, 6.07) is 67.2. The second kappa shape index (κ2) is 10.7. The first kappa shape index (κ1) is 26.9. The fourth-order valence-electron chi connectivity index (χ4n) is 8.04. The van der Waals surface area contributed by atoms with Gasteiger partial charge < -0.3 is 0 Å². The Kier molecular flexibility index (Phi) is 5.98. The van der Waals surface area contributed by atoms with E-state index < -0.39 is 0 Å². The van der Waals surface area contributed by atoms with Gasteiger partial charge in [0.25, 0.3) is 0 Å². The minimum atomic E-state index is 1.23. The van der Waals surface area contributed by atoms with Crippen LogP contribution in [0.25, 0.3) is 98.0 Å². The lowest BCUT2D eigenvalue weighted by Gasteiger charge is -2.20. The molecule has 0 saturated heterocycles. The third-order valence-electron chi connectivity index (χ3n) is 10.2. The molecule has 0 heteroatoms. The van der Waals surface area contributed by atoms with Crippen molar-refractivity contribution >= 4 is 64.6 Å². The Labute approximate surface area is 279 Å². The standard InChI is InChI=1S/C48H30/c1-2-14-33(15-3-1)46-40-20-10-11-21-41(40)48(36-23-22-31-12-4-5-16-34(31)28-36)43-27-25-37(30-45(43)46)47-39-19-9-7-17-35(39)29-44-38-18-8-6-13-32(38)24-26-42(44)47/h1-30H. The van der Waals surface area contributed by atoms with Crippen LogP contribution in [0.3, 0.4) is 0 Å². The first-order chi connectivity index (χ1) is 23.8. The number of rotatable bonds is 3. The maximum atomic E-state index is 2.46. The van der Waals surface area contributed by atoms with E-state index in [0.29, 0.717) is 0 Å². The summed E-state index contributed by atoms with van der Waals surface area (Å²) in [5.74, 6) is 0. The molecule has 0 radical (unpaired) electrons. The molecule has 0 spiro atoms. The molecule has 0 unspecified atom stereocenters. The van der Waals surface area contributed by atoms with Gasteiger partial charge in [0, 0.05) is 0 Å². The quantitative estimate of drug-likeness (QED) is 0.139. The molecule has 0 saturated carbocycles. The van der Waals surface area contributed by atoms with Crippen LogP contribution in [0.5, 0.6) is 0 Å². The van der Waals surface area contributed by atoms with Gasteiger partial charge in [0.1, 0.15) is 0 Å². The number of hydrogen-bond acceptors (Lipinski definition) is 0. The Morgan fingerprint density at radius 3 is 1.46 bits per heavy atom. The highest BCUT2D eigenvalue weighted by Gasteiger charge is 2.19. The average molecular weight is 607 g/mol. The van der Waals surface area contributed by atoms with Gasteiger partial charge >= 0.3 is 0 Å². The third kappa shape index (κ3) is 4.10. The van der Waals surface area contributed by atoms with Gasteiger partial charge in [-0.2, -0.15) is 0 Å². The van der Waals surface area contributed by atoms with Crippen LogP contribution in [0, 0.1) is 0 Å². The second-order valence-corrected chi connectivity index (χ2v) is 12.8. The molecule has 10 aromatic rings. The normalized spacial score (nSPS) is 11.8. The minimum absolute atomic E-state index is 1.23. The molecule has 0 aromatic heterocycles. The largest absolute Gasteiger partial charge is 0.0622 e. The molecule has 48 heavy (non-hydrogen) atoms. The highest BCUT2D eigenvalue weighted by molar-refractivity contribution is 6.24. The molecule has 222 valence electrons. The zero-order valence-corrected chi connectivity index (χ0v) is 26.3. The molecule has 0 atom stereocenters. The van der Waals surface area contributed by atoms with Gasteiger partial charge in [-0.25, -0.2) is 0 Å². The molecular weight excluding hydrogens is 577 g/mol. The molecular formula is C48H30. The summed E-state index contributed by atoms with van der Waals surface area (Å²) >= 11 is 0. The van der Waals surface area contributed by atoms with E-state index in [2.05, 4.69) is 182 Å². The molecule has 0 nitrogen and oxygen atoms in total. The average Bonchev–Trinajstić information content (AvgIpc) is 3.16. The van der Waals surface area contributed by atoms with Crippen molar-refractivity contribution in [1.29, 1.82) is 0 Å². The van der Waals surface area contributed by atoms with Gasteiger partial charge in [-0.1, -0.05) is 164 Å². The minimum Gasteiger partial charge on any atom is -0.0622 e. The van der Waals surface area contributed by atoms with Crippen LogP contribution in [0.4, 0.5) is 0 Å². The van der Waals surface area contributed by atoms with E-state index >= 15 is 0 Å². The summed E-state index contributed by atoms with van der Waals surface area (Å²) in [7, 11) is 0. The molecule has 0 amide bonds. The molecule has 0 aliphatic rings. The van der Waals surface area contributed by atoms with Crippen LogP contribution in [0.2, 0.25) is 0 Å². The van der Waals surface area contributed by atoms with Crippen LogP contribution in [0.15, 0.2) is 182 Å². The van der Waals surface area contributed by atoms with Crippen LogP contribution < -0.4 is 0 Å². The van der Waals surface area contributed by atoms with E-state index in [1.165, 1.54) is 98.0 Å². The second-order valence-electron chi connectivity index (χ2n) is 12.8. The smallest absolute Gasteiger partial charge is 0.00261 e. The molecule has 0 fully saturated rings. The van der Waals surface area contributed by atoms with E-state index in [4.69, 9.17) is 0 Å². The van der Waals surface area contributed by atoms with Crippen LogP contribution in [0.1, 0.15) is 0 Å². The summed E-state index contributed by atoms with van der Waals surface area (Å²) in [5.41, 5.74) is 7.56. The first-order valence-corrected chi connectivity index (χ1v) is 16.7. The number of hydrogen-bond donors (Lipinski definition) is 0. The molecule has 0 bridgehead atoms. The Hall–Kier alpha value is -6.24. The van der Waals surface area contributed by atoms with Gasteiger partial charge in [-0.3, -0.25) is 0 Å². The van der Waals surface area contributed by atoms with E-state index in [1.54, 1.807) is 0 Å². The molecule has 0 heterocycles. The van der Waals surface area contributed by atoms with Gasteiger partial charge in [-0.05, 0) is 116 Å². The van der Waals surface area contributed by atoms with Crippen LogP contribution in [-0.4, -0.2) is 0 Å². The first-order valence-electron chi connectivity index (χ1n) is 16.7. The summed E-state index contributed by atoms with van der Waals surface area (Å²) in [4.78, 5) is 0. The summed E-state index contributed by atoms with van der Waals surface area (Å²) in [6.07, 6.45) is 0. The predicted octanol–water partition coefficient (Wildman–Crippen LogP) is 13.6. The maximum absolute atomic E-state index is 2.46. The van der Waals surface area contributed by atoms with Crippen molar-refractivity contribution in [2.75, 3.05) is 0 Å². The van der Waals surface area contributed by atoms with Crippen molar-refractivity contribution < 1.29 is 0 Å². The van der Waals surface area contributed by atoms with Gasteiger partial charge in [-0.15, -0.1) is 0 Å². The van der Waals surface area contributed by atoms with E-state index in [0.717, 1.165) is 0 Å². The highest BCUT2D eigenvalue weighted by atomic mass is 14.2. The van der Waals surface area contributed by atoms with Crippen molar-refractivity contribution in [3.8, 4) is 33.4 Å². The van der Waals surface area contributed by atoms with Crippen molar-refractivity contribution in [1.82, 2.24) is 0 Å². The number of fused-ring (bicyclic) bond motifs is 7. The van der Waals surface area contributed by atoms with Crippen molar-refractivity contribution in [3.05, 3.63) is 182 Å². The van der Waals surface area contributed by atoms with Gasteiger partial charge in [0.15, 0.2) is 0 Å². The molecule has 0 aliphatic heterocycles. The van der Waals surface area contributed by atoms with Crippen LogP contribution in [-0.2, 0) is 0 Å². The SMILES string of the molecule is c1ccc(-c2c3ccccc3c(-c3ccc4ccccc4c3)c3ccc(-c4c5ccccc5cc5c4ccc4ccccc45)cc23)cc1. The number of benzene rings is 10. The van der Waals surface area contributed by atoms with E-state index in [1.807, 2.05) is 0 Å². The van der Waals surface area contributed by atoms with Gasteiger partial charge in [0.05, 0.1) is 0 Å². The zero-order chi connectivity index (χ0) is 31.6. The topological polar surface area (TPSA) is 0 Å². The van der Waals surface area contributed by atoms with Crippen molar-refractivity contribution in [3.63, 3.8) is 0 Å². The van der Waals surface area contributed by atoms with E-state index in [9.17, 15) is 0 Å². The monoisotopic (exact) mass is 606 g/mol. The molecule has 10 aromatic carbocycles. The maximum Gasteiger partial charge on any atom is -0.00261 e.